The Bertz CT molecular complexity index is 951. The Balaban J connectivity index is 1.70. The number of hydrazine groups is 1. The highest BCUT2D eigenvalue weighted by molar-refractivity contribution is 6.00. The Morgan fingerprint density at radius 1 is 0.963 bits per heavy atom. The molecule has 1 aromatic heterocycles. The van der Waals surface area contributed by atoms with E-state index < -0.39 is 11.8 Å². The summed E-state index contributed by atoms with van der Waals surface area (Å²) < 4.78 is 1.77. The maximum absolute atomic E-state index is 12.5. The van der Waals surface area contributed by atoms with E-state index in [1.54, 1.807) is 16.8 Å². The molecule has 0 aliphatic rings. The standard InChI is InChI=1S/C20H20N4O3/c1-2-17-16(12-21-24(17)13-14-8-4-3-5-9-14)20(27)23-22-19(26)15-10-6-7-11-18(15)25/h3-12,25H,2,13H2,1H3,(H,22,26)(H,23,27). The number of phenolic OH excluding ortho intramolecular Hbond substituents is 1. The molecule has 7 heteroatoms. The number of benzene rings is 2. The first-order chi connectivity index (χ1) is 13.1. The van der Waals surface area contributed by atoms with Crippen molar-refractivity contribution in [2.45, 2.75) is 19.9 Å². The van der Waals surface area contributed by atoms with Gasteiger partial charge in [0, 0.05) is 0 Å². The minimum Gasteiger partial charge on any atom is -0.507 e. The highest BCUT2D eigenvalue weighted by Crippen LogP contribution is 2.15. The Kier molecular flexibility index (Phi) is 5.51. The van der Waals surface area contributed by atoms with E-state index in [0.29, 0.717) is 18.5 Å². The molecule has 0 radical (unpaired) electrons. The van der Waals surface area contributed by atoms with Crippen LogP contribution in [0.3, 0.4) is 0 Å². The number of nitrogens with one attached hydrogen (secondary N) is 2. The average molecular weight is 364 g/mol. The van der Waals surface area contributed by atoms with Gasteiger partial charge in [-0.3, -0.25) is 25.1 Å². The van der Waals surface area contributed by atoms with Crippen LogP contribution in [-0.2, 0) is 13.0 Å². The zero-order valence-corrected chi connectivity index (χ0v) is 14.8. The van der Waals surface area contributed by atoms with Crippen LogP contribution in [0.15, 0.2) is 60.8 Å². The second-order valence-electron chi connectivity index (χ2n) is 5.93. The molecule has 1 heterocycles. The molecular weight excluding hydrogens is 344 g/mol. The van der Waals surface area contributed by atoms with Gasteiger partial charge in [0.1, 0.15) is 5.75 Å². The van der Waals surface area contributed by atoms with Gasteiger partial charge in [-0.25, -0.2) is 0 Å². The molecular formula is C20H20N4O3. The monoisotopic (exact) mass is 364 g/mol. The molecule has 0 saturated heterocycles. The molecule has 0 aliphatic heterocycles. The molecule has 3 N–H and O–H groups in total. The van der Waals surface area contributed by atoms with E-state index in [1.165, 1.54) is 18.3 Å². The fourth-order valence-corrected chi connectivity index (χ4v) is 2.78. The lowest BCUT2D eigenvalue weighted by Crippen LogP contribution is -2.41. The number of carbonyl (C=O) groups is 2. The van der Waals surface area contributed by atoms with Crippen LogP contribution in [0.25, 0.3) is 0 Å². The number of phenols is 1. The third kappa shape index (κ3) is 4.14. The van der Waals surface area contributed by atoms with Crippen LogP contribution in [0.2, 0.25) is 0 Å². The van der Waals surface area contributed by atoms with Gasteiger partial charge in [-0.1, -0.05) is 49.4 Å². The number of aromatic nitrogens is 2. The highest BCUT2D eigenvalue weighted by Gasteiger charge is 2.18. The summed E-state index contributed by atoms with van der Waals surface area (Å²) in [5, 5.41) is 14.0. The summed E-state index contributed by atoms with van der Waals surface area (Å²) in [7, 11) is 0. The van der Waals surface area contributed by atoms with E-state index in [1.807, 2.05) is 37.3 Å². The first kappa shape index (κ1) is 18.2. The number of hydrogen-bond acceptors (Lipinski definition) is 4. The van der Waals surface area contributed by atoms with E-state index in [2.05, 4.69) is 16.0 Å². The topological polar surface area (TPSA) is 96.2 Å². The molecule has 0 fully saturated rings. The van der Waals surface area contributed by atoms with Gasteiger partial charge in [-0.2, -0.15) is 5.10 Å². The van der Waals surface area contributed by atoms with Gasteiger partial charge >= 0.3 is 0 Å². The zero-order chi connectivity index (χ0) is 19.2. The molecule has 0 saturated carbocycles. The van der Waals surface area contributed by atoms with Gasteiger partial charge in [-0.05, 0) is 24.1 Å². The molecule has 3 rings (SSSR count). The SMILES string of the molecule is CCc1c(C(=O)NNC(=O)c2ccccc2O)cnn1Cc1ccccc1. The molecule has 3 aromatic rings. The number of carbonyl (C=O) groups excluding carboxylic acids is 2. The van der Waals surface area contributed by atoms with Gasteiger partial charge < -0.3 is 5.11 Å². The van der Waals surface area contributed by atoms with Crippen molar-refractivity contribution in [1.82, 2.24) is 20.6 Å². The van der Waals surface area contributed by atoms with Gasteiger partial charge in [-0.15, -0.1) is 0 Å². The summed E-state index contributed by atoms with van der Waals surface area (Å²) in [6.45, 7) is 2.50. The summed E-state index contributed by atoms with van der Waals surface area (Å²) in [5.41, 5.74) is 7.01. The van der Waals surface area contributed by atoms with Crippen molar-refractivity contribution in [1.29, 1.82) is 0 Å². The Morgan fingerprint density at radius 2 is 1.59 bits per heavy atom. The quantitative estimate of drug-likeness (QED) is 0.605. The van der Waals surface area contributed by atoms with Crippen LogP contribution in [0.4, 0.5) is 0 Å². The van der Waals surface area contributed by atoms with Crippen LogP contribution in [0.5, 0.6) is 5.75 Å². The summed E-state index contributed by atoms with van der Waals surface area (Å²) in [6, 6.07) is 15.9. The summed E-state index contributed by atoms with van der Waals surface area (Å²) in [4.78, 5) is 24.6. The van der Waals surface area contributed by atoms with Crippen LogP contribution in [0, 0.1) is 0 Å². The molecule has 2 amide bonds. The van der Waals surface area contributed by atoms with E-state index in [9.17, 15) is 14.7 Å². The third-order valence-corrected chi connectivity index (χ3v) is 4.14. The molecule has 0 bridgehead atoms. The Labute approximate surface area is 156 Å². The molecule has 138 valence electrons. The lowest BCUT2D eigenvalue weighted by Gasteiger charge is -2.10. The largest absolute Gasteiger partial charge is 0.507 e. The lowest BCUT2D eigenvalue weighted by atomic mass is 10.2. The van der Waals surface area contributed by atoms with Crippen molar-refractivity contribution in [3.05, 3.63) is 83.2 Å². The fraction of sp³-hybridized carbons (Fsp3) is 0.150. The molecule has 2 aromatic carbocycles. The second-order valence-corrected chi connectivity index (χ2v) is 5.93. The number of aromatic hydroxyl groups is 1. The predicted molar refractivity (Wildman–Crippen MR) is 100 cm³/mol. The summed E-state index contributed by atoms with van der Waals surface area (Å²) in [6.07, 6.45) is 2.10. The maximum Gasteiger partial charge on any atom is 0.273 e. The minimum atomic E-state index is -0.601. The third-order valence-electron chi connectivity index (χ3n) is 4.14. The predicted octanol–water partition coefficient (Wildman–Crippen LogP) is 2.27. The van der Waals surface area contributed by atoms with Crippen molar-refractivity contribution in [3.8, 4) is 5.75 Å². The highest BCUT2D eigenvalue weighted by atomic mass is 16.3. The van der Waals surface area contributed by atoms with E-state index in [0.717, 1.165) is 11.3 Å². The van der Waals surface area contributed by atoms with Crippen molar-refractivity contribution < 1.29 is 14.7 Å². The zero-order valence-electron chi connectivity index (χ0n) is 14.8. The smallest absolute Gasteiger partial charge is 0.273 e. The molecule has 7 nitrogen and oxygen atoms in total. The Hall–Kier alpha value is -3.61. The van der Waals surface area contributed by atoms with Gasteiger partial charge in [0.05, 0.1) is 29.6 Å². The van der Waals surface area contributed by atoms with E-state index in [-0.39, 0.29) is 11.3 Å². The number of nitrogens with zero attached hydrogens (tertiary/aromatic N) is 2. The van der Waals surface area contributed by atoms with E-state index >= 15 is 0 Å². The fourth-order valence-electron chi connectivity index (χ4n) is 2.78. The van der Waals surface area contributed by atoms with Gasteiger partial charge in [0.25, 0.3) is 11.8 Å². The average Bonchev–Trinajstić information content (AvgIpc) is 3.09. The molecule has 27 heavy (non-hydrogen) atoms. The maximum atomic E-state index is 12.5. The Morgan fingerprint density at radius 3 is 2.26 bits per heavy atom. The molecule has 0 spiro atoms. The molecule has 0 atom stereocenters. The number of rotatable bonds is 5. The normalized spacial score (nSPS) is 10.4. The second kappa shape index (κ2) is 8.18. The van der Waals surface area contributed by atoms with Crippen LogP contribution in [0.1, 0.15) is 38.9 Å². The first-order valence-electron chi connectivity index (χ1n) is 8.57. The molecule has 0 aliphatic carbocycles. The van der Waals surface area contributed by atoms with Gasteiger partial charge in [0.2, 0.25) is 0 Å². The van der Waals surface area contributed by atoms with Crippen LogP contribution >= 0.6 is 0 Å². The van der Waals surface area contributed by atoms with Gasteiger partial charge in [0.15, 0.2) is 0 Å². The van der Waals surface area contributed by atoms with Crippen molar-refractivity contribution in [2.75, 3.05) is 0 Å². The van der Waals surface area contributed by atoms with E-state index in [4.69, 9.17) is 0 Å². The summed E-state index contributed by atoms with van der Waals surface area (Å²) >= 11 is 0. The number of hydrogen-bond donors (Lipinski definition) is 3. The van der Waals surface area contributed by atoms with Crippen molar-refractivity contribution in [3.63, 3.8) is 0 Å². The van der Waals surface area contributed by atoms with Crippen molar-refractivity contribution >= 4 is 11.8 Å². The van der Waals surface area contributed by atoms with Crippen molar-refractivity contribution in [2.24, 2.45) is 0 Å². The van der Waals surface area contributed by atoms with Crippen LogP contribution in [-0.4, -0.2) is 26.7 Å². The minimum absolute atomic E-state index is 0.0771. The number of amides is 2. The first-order valence-corrected chi connectivity index (χ1v) is 8.57. The number of para-hydroxylation sites is 1. The lowest BCUT2D eigenvalue weighted by molar-refractivity contribution is 0.0844. The summed E-state index contributed by atoms with van der Waals surface area (Å²) in [5.74, 6) is -1.22. The van der Waals surface area contributed by atoms with Crippen LogP contribution < -0.4 is 10.9 Å². The molecule has 0 unspecified atom stereocenters.